The van der Waals surface area contributed by atoms with Crippen molar-refractivity contribution in [3.8, 4) is 0 Å². The van der Waals surface area contributed by atoms with Gasteiger partial charge in [-0.3, -0.25) is 0 Å². The summed E-state index contributed by atoms with van der Waals surface area (Å²) in [6, 6.07) is 2.10. The second-order valence-electron chi connectivity index (χ2n) is 4.45. The molecule has 15 heavy (non-hydrogen) atoms. The number of nitrogens with zero attached hydrogens (tertiary/aromatic N) is 1. The van der Waals surface area contributed by atoms with Crippen molar-refractivity contribution in [3.05, 3.63) is 17.5 Å². The SMILES string of the molecule is NCCc1cc(C2CCCCCC2)no1. The van der Waals surface area contributed by atoms with Crippen LogP contribution in [0.2, 0.25) is 0 Å². The second-order valence-corrected chi connectivity index (χ2v) is 4.45. The minimum atomic E-state index is 0.628. The molecule has 1 heterocycles. The van der Waals surface area contributed by atoms with Gasteiger partial charge < -0.3 is 10.3 Å². The second kappa shape index (κ2) is 5.31. The van der Waals surface area contributed by atoms with E-state index in [1.165, 1.54) is 38.5 Å². The summed E-state index contributed by atoms with van der Waals surface area (Å²) in [5.41, 5.74) is 6.64. The molecule has 1 aromatic rings. The lowest BCUT2D eigenvalue weighted by Gasteiger charge is -2.08. The molecule has 0 aromatic carbocycles. The summed E-state index contributed by atoms with van der Waals surface area (Å²) in [7, 11) is 0. The average Bonchev–Trinajstić information content (AvgIpc) is 2.53. The predicted octanol–water partition coefficient (Wildman–Crippen LogP) is 2.61. The van der Waals surface area contributed by atoms with Crippen molar-refractivity contribution in [2.75, 3.05) is 6.54 Å². The van der Waals surface area contributed by atoms with Gasteiger partial charge in [-0.15, -0.1) is 0 Å². The molecule has 1 aliphatic carbocycles. The van der Waals surface area contributed by atoms with Crippen LogP contribution in [0.3, 0.4) is 0 Å². The molecule has 1 aliphatic rings. The maximum absolute atomic E-state index is 5.49. The Kier molecular flexibility index (Phi) is 3.78. The fourth-order valence-electron chi connectivity index (χ4n) is 2.36. The number of hydrogen-bond acceptors (Lipinski definition) is 3. The summed E-state index contributed by atoms with van der Waals surface area (Å²) in [4.78, 5) is 0. The Morgan fingerprint density at radius 3 is 2.67 bits per heavy atom. The molecule has 2 N–H and O–H groups in total. The van der Waals surface area contributed by atoms with Gasteiger partial charge in [0.15, 0.2) is 0 Å². The van der Waals surface area contributed by atoms with Crippen molar-refractivity contribution >= 4 is 0 Å². The lowest BCUT2D eigenvalue weighted by Crippen LogP contribution is -2.01. The highest BCUT2D eigenvalue weighted by Crippen LogP contribution is 2.31. The minimum absolute atomic E-state index is 0.628. The smallest absolute Gasteiger partial charge is 0.138 e. The summed E-state index contributed by atoms with van der Waals surface area (Å²) in [6.45, 7) is 0.638. The molecule has 0 amide bonds. The van der Waals surface area contributed by atoms with Gasteiger partial charge in [0.25, 0.3) is 0 Å². The summed E-state index contributed by atoms with van der Waals surface area (Å²) >= 11 is 0. The molecule has 0 saturated heterocycles. The summed E-state index contributed by atoms with van der Waals surface area (Å²) in [6.07, 6.45) is 8.78. The highest BCUT2D eigenvalue weighted by atomic mass is 16.5. The monoisotopic (exact) mass is 208 g/mol. The van der Waals surface area contributed by atoms with Crippen LogP contribution >= 0.6 is 0 Å². The normalized spacial score (nSPS) is 19.0. The molecule has 0 atom stereocenters. The van der Waals surface area contributed by atoms with Crippen molar-refractivity contribution in [3.63, 3.8) is 0 Å². The van der Waals surface area contributed by atoms with Crippen molar-refractivity contribution in [2.45, 2.75) is 50.9 Å². The van der Waals surface area contributed by atoms with Crippen LogP contribution in [0.4, 0.5) is 0 Å². The molecule has 1 aromatic heterocycles. The number of hydrogen-bond donors (Lipinski definition) is 1. The van der Waals surface area contributed by atoms with E-state index in [1.807, 2.05) is 0 Å². The Bertz CT molecular complexity index is 288. The van der Waals surface area contributed by atoms with E-state index < -0.39 is 0 Å². The molecule has 1 saturated carbocycles. The maximum Gasteiger partial charge on any atom is 0.138 e. The zero-order chi connectivity index (χ0) is 10.5. The lowest BCUT2D eigenvalue weighted by atomic mass is 9.96. The lowest BCUT2D eigenvalue weighted by molar-refractivity contribution is 0.370. The highest BCUT2D eigenvalue weighted by molar-refractivity contribution is 5.11. The van der Waals surface area contributed by atoms with E-state index >= 15 is 0 Å². The van der Waals surface area contributed by atoms with Gasteiger partial charge >= 0.3 is 0 Å². The number of nitrogens with two attached hydrogens (primary N) is 1. The van der Waals surface area contributed by atoms with Crippen molar-refractivity contribution < 1.29 is 4.52 Å². The van der Waals surface area contributed by atoms with Crippen LogP contribution in [0.5, 0.6) is 0 Å². The van der Waals surface area contributed by atoms with E-state index in [0.29, 0.717) is 12.5 Å². The maximum atomic E-state index is 5.49. The molecular formula is C12H20N2O. The van der Waals surface area contributed by atoms with Gasteiger partial charge in [-0.2, -0.15) is 0 Å². The molecule has 2 rings (SSSR count). The molecule has 84 valence electrons. The molecule has 0 bridgehead atoms. The van der Waals surface area contributed by atoms with Crippen LogP contribution in [0.15, 0.2) is 10.6 Å². The van der Waals surface area contributed by atoms with E-state index in [0.717, 1.165) is 17.9 Å². The average molecular weight is 208 g/mol. The first-order chi connectivity index (χ1) is 7.40. The quantitative estimate of drug-likeness (QED) is 0.777. The van der Waals surface area contributed by atoms with Crippen LogP contribution in [-0.2, 0) is 6.42 Å². The van der Waals surface area contributed by atoms with Gasteiger partial charge in [0.2, 0.25) is 0 Å². The van der Waals surface area contributed by atoms with Crippen molar-refractivity contribution in [2.24, 2.45) is 5.73 Å². The Balaban J connectivity index is 2.00. The topological polar surface area (TPSA) is 52.0 Å². The van der Waals surface area contributed by atoms with Gasteiger partial charge in [-0.25, -0.2) is 0 Å². The molecule has 0 spiro atoms. The van der Waals surface area contributed by atoms with Crippen LogP contribution in [0.1, 0.15) is 55.9 Å². The van der Waals surface area contributed by atoms with Gasteiger partial charge in [0.1, 0.15) is 5.76 Å². The van der Waals surface area contributed by atoms with Crippen molar-refractivity contribution in [1.82, 2.24) is 5.16 Å². The first-order valence-corrected chi connectivity index (χ1v) is 6.05. The molecule has 0 radical (unpaired) electrons. The third kappa shape index (κ3) is 2.81. The summed E-state index contributed by atoms with van der Waals surface area (Å²) < 4.78 is 5.27. The first kappa shape index (κ1) is 10.7. The van der Waals surface area contributed by atoms with E-state index in [2.05, 4.69) is 11.2 Å². The molecule has 3 nitrogen and oxygen atoms in total. The molecule has 1 fully saturated rings. The summed E-state index contributed by atoms with van der Waals surface area (Å²) in [5.74, 6) is 1.57. The third-order valence-corrected chi connectivity index (χ3v) is 3.24. The minimum Gasteiger partial charge on any atom is -0.361 e. The van der Waals surface area contributed by atoms with Gasteiger partial charge in [-0.1, -0.05) is 30.8 Å². The predicted molar refractivity (Wildman–Crippen MR) is 59.7 cm³/mol. The Hall–Kier alpha value is -0.830. The fraction of sp³-hybridized carbons (Fsp3) is 0.750. The van der Waals surface area contributed by atoms with E-state index in [-0.39, 0.29) is 0 Å². The van der Waals surface area contributed by atoms with Crippen LogP contribution < -0.4 is 5.73 Å². The number of aromatic nitrogens is 1. The number of rotatable bonds is 3. The Labute approximate surface area is 91.0 Å². The van der Waals surface area contributed by atoms with Crippen molar-refractivity contribution in [1.29, 1.82) is 0 Å². The van der Waals surface area contributed by atoms with Crippen LogP contribution in [0, 0.1) is 0 Å². The van der Waals surface area contributed by atoms with Crippen LogP contribution in [0.25, 0.3) is 0 Å². The Morgan fingerprint density at radius 2 is 2.00 bits per heavy atom. The standard InChI is InChI=1S/C12H20N2O/c13-8-7-11-9-12(14-15-11)10-5-3-1-2-4-6-10/h9-10H,1-8,13H2. The van der Waals surface area contributed by atoms with E-state index in [9.17, 15) is 0 Å². The molecular weight excluding hydrogens is 188 g/mol. The molecule has 0 unspecified atom stereocenters. The van der Waals surface area contributed by atoms with Gasteiger partial charge in [0, 0.05) is 18.4 Å². The molecule has 3 heteroatoms. The zero-order valence-electron chi connectivity index (χ0n) is 9.24. The van der Waals surface area contributed by atoms with Crippen LogP contribution in [-0.4, -0.2) is 11.7 Å². The third-order valence-electron chi connectivity index (χ3n) is 3.24. The first-order valence-electron chi connectivity index (χ1n) is 6.05. The molecule has 0 aliphatic heterocycles. The fourth-order valence-corrected chi connectivity index (χ4v) is 2.36. The largest absolute Gasteiger partial charge is 0.361 e. The van der Waals surface area contributed by atoms with E-state index in [4.69, 9.17) is 10.3 Å². The van der Waals surface area contributed by atoms with E-state index in [1.54, 1.807) is 0 Å². The van der Waals surface area contributed by atoms with Gasteiger partial charge in [0.05, 0.1) is 5.69 Å². The zero-order valence-corrected chi connectivity index (χ0v) is 9.24. The Morgan fingerprint density at radius 1 is 1.27 bits per heavy atom. The summed E-state index contributed by atoms with van der Waals surface area (Å²) in [5, 5.41) is 4.17. The highest BCUT2D eigenvalue weighted by Gasteiger charge is 2.17. The van der Waals surface area contributed by atoms with Gasteiger partial charge in [-0.05, 0) is 19.4 Å².